The predicted molar refractivity (Wildman–Crippen MR) is 117 cm³/mol. The van der Waals surface area contributed by atoms with Crippen LogP contribution in [0, 0.1) is 0 Å². The van der Waals surface area contributed by atoms with Crippen LogP contribution in [0.2, 0.25) is 0 Å². The van der Waals surface area contributed by atoms with Crippen LogP contribution in [-0.4, -0.2) is 20.4 Å². The quantitative estimate of drug-likeness (QED) is 0.563. The van der Waals surface area contributed by atoms with E-state index in [2.05, 4.69) is 56.4 Å². The average Bonchev–Trinajstić information content (AvgIpc) is 2.63. The molecule has 0 saturated carbocycles. The van der Waals surface area contributed by atoms with Crippen molar-refractivity contribution in [3.05, 3.63) is 59.2 Å². The summed E-state index contributed by atoms with van der Waals surface area (Å²) in [7, 11) is -3.32. The van der Waals surface area contributed by atoms with Crippen molar-refractivity contribution in [2.45, 2.75) is 63.2 Å². The second kappa shape index (κ2) is 7.03. The number of rotatable bonds is 4. The summed E-state index contributed by atoms with van der Waals surface area (Å²) in [5.74, 6) is 0. The van der Waals surface area contributed by atoms with Crippen molar-refractivity contribution in [3.8, 4) is 0 Å². The number of para-hydroxylation sites is 1. The third-order valence-corrected chi connectivity index (χ3v) is 7.06. The fourth-order valence-corrected chi connectivity index (χ4v) is 4.74. The van der Waals surface area contributed by atoms with Gasteiger partial charge < -0.3 is 0 Å². The highest BCUT2D eigenvalue weighted by atomic mass is 32.2. The number of nitrogens with one attached hydrogen (secondary N) is 1. The van der Waals surface area contributed by atoms with E-state index in [4.69, 9.17) is 0 Å². The largest absolute Gasteiger partial charge is 0.277 e. The highest BCUT2D eigenvalue weighted by molar-refractivity contribution is 7.90. The Morgan fingerprint density at radius 3 is 2.21 bits per heavy atom. The Bertz CT molecular complexity index is 1030. The Hall–Kier alpha value is -2.14. The van der Waals surface area contributed by atoms with Gasteiger partial charge in [-0.1, -0.05) is 52.0 Å². The first kappa shape index (κ1) is 20.6. The minimum absolute atomic E-state index is 0.136. The van der Waals surface area contributed by atoms with E-state index in [1.807, 2.05) is 6.92 Å². The van der Waals surface area contributed by atoms with Gasteiger partial charge in [0.2, 0.25) is 0 Å². The number of hydrazone groups is 1. The van der Waals surface area contributed by atoms with E-state index in [0.29, 0.717) is 5.69 Å². The van der Waals surface area contributed by atoms with Crippen molar-refractivity contribution in [2.75, 3.05) is 11.7 Å². The molecule has 0 unspecified atom stereocenters. The van der Waals surface area contributed by atoms with Gasteiger partial charge in [-0.3, -0.25) is 5.43 Å². The molecule has 0 atom stereocenters. The number of sulfone groups is 1. The second-order valence-corrected chi connectivity index (χ2v) is 11.1. The van der Waals surface area contributed by atoms with Gasteiger partial charge in [-0.25, -0.2) is 8.42 Å². The summed E-state index contributed by atoms with van der Waals surface area (Å²) in [6.07, 6.45) is 3.55. The first-order valence-corrected chi connectivity index (χ1v) is 11.6. The summed E-state index contributed by atoms with van der Waals surface area (Å²) in [6.45, 7) is 11.2. The van der Waals surface area contributed by atoms with Crippen molar-refractivity contribution in [1.29, 1.82) is 0 Å². The lowest BCUT2D eigenvalue weighted by atomic mass is 9.63. The van der Waals surface area contributed by atoms with Crippen molar-refractivity contribution in [1.82, 2.24) is 0 Å². The van der Waals surface area contributed by atoms with Crippen LogP contribution >= 0.6 is 0 Å². The SMILES string of the molecule is CC(=NNc1ccccc1S(C)(=O)=O)c1ccc2c(c1)C(C)(C)CCC2(C)C. The third-order valence-electron chi connectivity index (χ3n) is 5.90. The second-order valence-electron chi connectivity index (χ2n) is 9.11. The maximum atomic E-state index is 12.0. The zero-order valence-electron chi connectivity index (χ0n) is 17.6. The molecule has 2 aromatic carbocycles. The molecule has 1 N–H and O–H groups in total. The van der Waals surface area contributed by atoms with E-state index < -0.39 is 9.84 Å². The lowest BCUT2D eigenvalue weighted by Gasteiger charge is -2.42. The van der Waals surface area contributed by atoms with Crippen LogP contribution in [0.3, 0.4) is 0 Å². The minimum atomic E-state index is -3.32. The molecular formula is C23H30N2O2S. The molecule has 0 aromatic heterocycles. The summed E-state index contributed by atoms with van der Waals surface area (Å²) in [5, 5.41) is 4.47. The molecular weight excluding hydrogens is 368 g/mol. The van der Waals surface area contributed by atoms with Gasteiger partial charge in [0.05, 0.1) is 16.3 Å². The van der Waals surface area contributed by atoms with Gasteiger partial charge in [0.1, 0.15) is 0 Å². The Kier molecular flexibility index (Phi) is 5.17. The van der Waals surface area contributed by atoms with Gasteiger partial charge in [-0.05, 0) is 65.5 Å². The first-order chi connectivity index (χ1) is 12.9. The van der Waals surface area contributed by atoms with Crippen LogP contribution in [0.5, 0.6) is 0 Å². The van der Waals surface area contributed by atoms with E-state index in [1.54, 1.807) is 24.3 Å². The average molecular weight is 399 g/mol. The Balaban J connectivity index is 1.96. The van der Waals surface area contributed by atoms with Crippen LogP contribution in [0.25, 0.3) is 0 Å². The lowest BCUT2D eigenvalue weighted by Crippen LogP contribution is -2.34. The van der Waals surface area contributed by atoms with E-state index in [0.717, 1.165) is 17.7 Å². The lowest BCUT2D eigenvalue weighted by molar-refractivity contribution is 0.332. The van der Waals surface area contributed by atoms with Crippen molar-refractivity contribution in [3.63, 3.8) is 0 Å². The maximum absolute atomic E-state index is 12.0. The molecule has 0 radical (unpaired) electrons. The van der Waals surface area contributed by atoms with Crippen LogP contribution in [-0.2, 0) is 20.7 Å². The number of anilines is 1. The van der Waals surface area contributed by atoms with Crippen molar-refractivity contribution >= 4 is 21.2 Å². The fourth-order valence-electron chi connectivity index (χ4n) is 3.90. The van der Waals surface area contributed by atoms with Gasteiger partial charge in [0.25, 0.3) is 0 Å². The predicted octanol–water partition coefficient (Wildman–Crippen LogP) is 5.28. The highest BCUT2D eigenvalue weighted by Gasteiger charge is 2.37. The Morgan fingerprint density at radius 2 is 1.57 bits per heavy atom. The fraction of sp³-hybridized carbons (Fsp3) is 0.435. The molecule has 2 aromatic rings. The zero-order valence-corrected chi connectivity index (χ0v) is 18.4. The molecule has 4 nitrogen and oxygen atoms in total. The molecule has 0 fully saturated rings. The van der Waals surface area contributed by atoms with Gasteiger partial charge in [-0.15, -0.1) is 0 Å². The molecule has 150 valence electrons. The molecule has 1 aliphatic rings. The third kappa shape index (κ3) is 4.00. The Morgan fingerprint density at radius 1 is 0.964 bits per heavy atom. The molecule has 1 aliphatic carbocycles. The molecule has 5 heteroatoms. The van der Waals surface area contributed by atoms with Crippen molar-refractivity contribution in [2.24, 2.45) is 5.10 Å². The van der Waals surface area contributed by atoms with E-state index in [1.165, 1.54) is 23.8 Å². The van der Waals surface area contributed by atoms with E-state index in [-0.39, 0.29) is 15.7 Å². The Labute approximate surface area is 169 Å². The standard InChI is InChI=1S/C23H30N2O2S/c1-16(24-25-20-9-7-8-10-21(20)28(6,26)27)17-11-12-18-19(15-17)23(4,5)14-13-22(18,2)3/h7-12,15,25H,13-14H2,1-6H3. The topological polar surface area (TPSA) is 58.5 Å². The first-order valence-electron chi connectivity index (χ1n) is 9.67. The normalized spacial score (nSPS) is 18.4. The number of hydrogen-bond donors (Lipinski definition) is 1. The van der Waals surface area contributed by atoms with Gasteiger partial charge in [-0.2, -0.15) is 5.10 Å². The summed E-state index contributed by atoms with van der Waals surface area (Å²) >= 11 is 0. The minimum Gasteiger partial charge on any atom is -0.277 e. The number of hydrogen-bond acceptors (Lipinski definition) is 4. The molecule has 28 heavy (non-hydrogen) atoms. The summed E-state index contributed by atoms with van der Waals surface area (Å²) in [5.41, 5.74) is 8.42. The molecule has 3 rings (SSSR count). The summed E-state index contributed by atoms with van der Waals surface area (Å²) in [4.78, 5) is 0.250. The van der Waals surface area contributed by atoms with Crippen LogP contribution in [0.1, 0.15) is 64.2 Å². The monoisotopic (exact) mass is 398 g/mol. The van der Waals surface area contributed by atoms with E-state index >= 15 is 0 Å². The zero-order chi connectivity index (χ0) is 20.7. The number of benzene rings is 2. The van der Waals surface area contributed by atoms with Gasteiger partial charge >= 0.3 is 0 Å². The van der Waals surface area contributed by atoms with Crippen molar-refractivity contribution < 1.29 is 8.42 Å². The van der Waals surface area contributed by atoms with E-state index in [9.17, 15) is 8.42 Å². The molecule has 0 heterocycles. The highest BCUT2D eigenvalue weighted by Crippen LogP contribution is 2.45. The number of fused-ring (bicyclic) bond motifs is 1. The van der Waals surface area contributed by atoms with Crippen LogP contribution in [0.15, 0.2) is 52.5 Å². The molecule has 0 bridgehead atoms. The van der Waals surface area contributed by atoms with Crippen LogP contribution in [0.4, 0.5) is 5.69 Å². The summed E-state index contributed by atoms with van der Waals surface area (Å²) in [6, 6.07) is 13.4. The number of nitrogens with zero attached hydrogens (tertiary/aromatic N) is 1. The van der Waals surface area contributed by atoms with Gasteiger partial charge in [0.15, 0.2) is 9.84 Å². The summed E-state index contributed by atoms with van der Waals surface area (Å²) < 4.78 is 23.9. The molecule has 0 spiro atoms. The van der Waals surface area contributed by atoms with Gasteiger partial charge in [0, 0.05) is 6.26 Å². The maximum Gasteiger partial charge on any atom is 0.177 e. The smallest absolute Gasteiger partial charge is 0.177 e. The molecule has 0 aliphatic heterocycles. The molecule has 0 amide bonds. The molecule has 0 saturated heterocycles. The van der Waals surface area contributed by atoms with Crippen LogP contribution < -0.4 is 5.43 Å².